The molecule has 1 fully saturated rings. The molecule has 1 aliphatic rings. The third kappa shape index (κ3) is 4.35. The van der Waals surface area contributed by atoms with Gasteiger partial charge in [-0.2, -0.15) is 0 Å². The number of hydrogen-bond acceptors (Lipinski definition) is 5. The molecule has 1 aromatic heterocycles. The molecule has 1 heterocycles. The maximum Gasteiger partial charge on any atom is 0.159 e. The van der Waals surface area contributed by atoms with Gasteiger partial charge < -0.3 is 14.2 Å². The second kappa shape index (κ2) is 8.33. The fourth-order valence-electron chi connectivity index (χ4n) is 3.59. The van der Waals surface area contributed by atoms with Crippen molar-refractivity contribution >= 4 is 37.5 Å². The van der Waals surface area contributed by atoms with Crippen LogP contribution < -0.4 is 4.74 Å². The molecule has 4 nitrogen and oxygen atoms in total. The Labute approximate surface area is 162 Å². The van der Waals surface area contributed by atoms with Crippen LogP contribution in [0.4, 0.5) is 0 Å². The predicted octanol–water partition coefficient (Wildman–Crippen LogP) is 5.74. The van der Waals surface area contributed by atoms with Crippen LogP contribution in [0, 0.1) is 5.92 Å². The summed E-state index contributed by atoms with van der Waals surface area (Å²) in [6, 6.07) is 4.18. The van der Waals surface area contributed by atoms with Gasteiger partial charge in [-0.25, -0.2) is 4.98 Å². The Morgan fingerprint density at radius 2 is 1.80 bits per heavy atom. The highest BCUT2D eigenvalue weighted by molar-refractivity contribution is 9.10. The van der Waals surface area contributed by atoms with E-state index in [2.05, 4.69) is 28.1 Å². The molecule has 138 valence electrons. The Morgan fingerprint density at radius 3 is 2.40 bits per heavy atom. The minimum Gasteiger partial charge on any atom is -0.490 e. The Kier molecular flexibility index (Phi) is 6.36. The van der Waals surface area contributed by atoms with Crippen LogP contribution in [0.2, 0.25) is 0 Å². The maximum atomic E-state index is 5.86. The average molecular weight is 428 g/mol. The number of ether oxygens (including phenoxy) is 3. The molecule has 0 atom stereocenters. The van der Waals surface area contributed by atoms with Gasteiger partial charge in [0.25, 0.3) is 0 Å². The highest BCUT2D eigenvalue weighted by atomic mass is 79.9. The molecular formula is C19H26BrNO3S. The zero-order chi connectivity index (χ0) is 18.0. The van der Waals surface area contributed by atoms with E-state index in [9.17, 15) is 0 Å². The molecule has 0 spiro atoms. The summed E-state index contributed by atoms with van der Waals surface area (Å²) in [7, 11) is 3.45. The van der Waals surface area contributed by atoms with Crippen molar-refractivity contribution in [2.45, 2.75) is 57.8 Å². The van der Waals surface area contributed by atoms with E-state index in [1.54, 1.807) is 14.2 Å². The molecule has 0 bridgehead atoms. The van der Waals surface area contributed by atoms with E-state index < -0.39 is 0 Å². The van der Waals surface area contributed by atoms with E-state index in [1.165, 1.54) is 9.71 Å². The number of rotatable bonds is 6. The smallest absolute Gasteiger partial charge is 0.159 e. The second-order valence-corrected chi connectivity index (χ2v) is 8.84. The van der Waals surface area contributed by atoms with Gasteiger partial charge in [-0.3, -0.25) is 0 Å². The molecule has 0 amide bonds. The molecule has 3 rings (SSSR count). The zero-order valence-electron chi connectivity index (χ0n) is 15.3. The van der Waals surface area contributed by atoms with E-state index in [-0.39, 0.29) is 12.4 Å². The van der Waals surface area contributed by atoms with Gasteiger partial charge in [-0.1, -0.05) is 0 Å². The van der Waals surface area contributed by atoms with Gasteiger partial charge in [-0.05, 0) is 61.5 Å². The number of nitrogens with zero attached hydrogens (tertiary/aromatic N) is 1. The van der Waals surface area contributed by atoms with Crippen LogP contribution in [0.15, 0.2) is 16.6 Å². The van der Waals surface area contributed by atoms with E-state index in [4.69, 9.17) is 19.2 Å². The summed E-state index contributed by atoms with van der Waals surface area (Å²) in [4.78, 5) is 4.91. The Bertz CT molecular complexity index is 706. The minimum absolute atomic E-state index is 0.0805. The van der Waals surface area contributed by atoms with Crippen LogP contribution in [0.25, 0.3) is 10.2 Å². The first-order valence-electron chi connectivity index (χ1n) is 8.84. The van der Waals surface area contributed by atoms with Gasteiger partial charge in [0.05, 0.1) is 25.8 Å². The van der Waals surface area contributed by atoms with Crippen molar-refractivity contribution in [1.29, 1.82) is 0 Å². The molecule has 2 aromatic rings. The van der Waals surface area contributed by atoms with Crippen LogP contribution >= 0.6 is 27.3 Å². The van der Waals surface area contributed by atoms with Gasteiger partial charge in [0.2, 0.25) is 0 Å². The molecule has 1 aliphatic carbocycles. The number of methoxy groups -OCH3 is 2. The monoisotopic (exact) mass is 427 g/mol. The predicted molar refractivity (Wildman–Crippen MR) is 106 cm³/mol. The average Bonchev–Trinajstić information content (AvgIpc) is 2.99. The van der Waals surface area contributed by atoms with Crippen molar-refractivity contribution < 1.29 is 14.2 Å². The maximum absolute atomic E-state index is 5.86. The first-order chi connectivity index (χ1) is 12.0. The van der Waals surface area contributed by atoms with Crippen molar-refractivity contribution in [3.63, 3.8) is 0 Å². The lowest BCUT2D eigenvalue weighted by Gasteiger charge is -2.31. The van der Waals surface area contributed by atoms with E-state index in [0.29, 0.717) is 11.8 Å². The summed E-state index contributed by atoms with van der Waals surface area (Å²) in [5.74, 6) is 1.89. The fraction of sp³-hybridized carbons (Fsp3) is 0.632. The Balaban J connectivity index is 1.74. The number of benzene rings is 1. The summed E-state index contributed by atoms with van der Waals surface area (Å²) in [5, 5.41) is 1.24. The molecule has 0 aliphatic heterocycles. The molecule has 0 saturated heterocycles. The van der Waals surface area contributed by atoms with Gasteiger partial charge >= 0.3 is 0 Å². The van der Waals surface area contributed by atoms with Crippen LogP contribution in [0.1, 0.15) is 50.5 Å². The van der Waals surface area contributed by atoms with Gasteiger partial charge in [-0.15, -0.1) is 11.3 Å². The number of halogens is 1. The van der Waals surface area contributed by atoms with E-state index in [1.807, 2.05) is 25.2 Å². The standard InChI is InChI=1S/C19H26BrNO3S/c1-11(2)24-16-10-15-17(9-14(16)20)25-18(21-15)12-5-7-13(8-6-12)19(22-3)23-4/h9-13,19H,5-8H2,1-4H3. The Hall–Kier alpha value is -0.690. The largest absolute Gasteiger partial charge is 0.490 e. The molecule has 0 N–H and O–H groups in total. The number of thiazole rings is 1. The summed E-state index contributed by atoms with van der Waals surface area (Å²) in [6.45, 7) is 4.07. The highest BCUT2D eigenvalue weighted by Crippen LogP contribution is 2.42. The number of hydrogen-bond donors (Lipinski definition) is 0. The Morgan fingerprint density at radius 1 is 1.12 bits per heavy atom. The lowest BCUT2D eigenvalue weighted by molar-refractivity contribution is -0.144. The van der Waals surface area contributed by atoms with Crippen LogP contribution in [-0.2, 0) is 9.47 Å². The molecule has 6 heteroatoms. The van der Waals surface area contributed by atoms with Crippen molar-refractivity contribution in [1.82, 2.24) is 4.98 Å². The van der Waals surface area contributed by atoms with Crippen LogP contribution in [0.3, 0.4) is 0 Å². The fourth-order valence-corrected chi connectivity index (χ4v) is 5.33. The lowest BCUT2D eigenvalue weighted by atomic mass is 9.82. The second-order valence-electron chi connectivity index (χ2n) is 6.92. The topological polar surface area (TPSA) is 40.6 Å². The molecule has 0 radical (unpaired) electrons. The lowest BCUT2D eigenvalue weighted by Crippen LogP contribution is -2.28. The normalized spacial score (nSPS) is 21.4. The third-order valence-electron chi connectivity index (χ3n) is 4.79. The van der Waals surface area contributed by atoms with E-state index >= 15 is 0 Å². The van der Waals surface area contributed by atoms with Crippen molar-refractivity contribution in [2.24, 2.45) is 5.92 Å². The quantitative estimate of drug-likeness (QED) is 0.551. The SMILES string of the molecule is COC(OC)C1CCC(c2nc3cc(OC(C)C)c(Br)cc3s2)CC1. The van der Waals surface area contributed by atoms with E-state index in [0.717, 1.165) is 41.4 Å². The number of aromatic nitrogens is 1. The van der Waals surface area contributed by atoms with Crippen molar-refractivity contribution in [2.75, 3.05) is 14.2 Å². The highest BCUT2D eigenvalue weighted by Gasteiger charge is 2.29. The summed E-state index contributed by atoms with van der Waals surface area (Å²) in [5.41, 5.74) is 1.03. The first-order valence-corrected chi connectivity index (χ1v) is 10.4. The van der Waals surface area contributed by atoms with Crippen molar-refractivity contribution in [3.8, 4) is 5.75 Å². The molecule has 1 saturated carbocycles. The summed E-state index contributed by atoms with van der Waals surface area (Å²) >= 11 is 5.42. The van der Waals surface area contributed by atoms with Gasteiger partial charge in [0, 0.05) is 32.1 Å². The van der Waals surface area contributed by atoms with Crippen molar-refractivity contribution in [3.05, 3.63) is 21.6 Å². The molecule has 25 heavy (non-hydrogen) atoms. The third-order valence-corrected chi connectivity index (χ3v) is 6.59. The summed E-state index contributed by atoms with van der Waals surface area (Å²) in [6.07, 6.45) is 4.60. The van der Waals surface area contributed by atoms with Gasteiger partial charge in [0.15, 0.2) is 6.29 Å². The molecule has 1 aromatic carbocycles. The minimum atomic E-state index is -0.0805. The zero-order valence-corrected chi connectivity index (χ0v) is 17.7. The van der Waals surface area contributed by atoms with Crippen LogP contribution in [0.5, 0.6) is 5.75 Å². The summed E-state index contributed by atoms with van der Waals surface area (Å²) < 4.78 is 18.9. The molecular weight excluding hydrogens is 402 g/mol. The number of fused-ring (bicyclic) bond motifs is 1. The molecule has 0 unspecified atom stereocenters. The first kappa shape index (κ1) is 19.1. The van der Waals surface area contributed by atoms with Gasteiger partial charge in [0.1, 0.15) is 5.75 Å². The van der Waals surface area contributed by atoms with Crippen LogP contribution in [-0.4, -0.2) is 31.6 Å².